The fourth-order valence-electron chi connectivity index (χ4n) is 4.65. The highest BCUT2D eigenvalue weighted by atomic mass is 16.6. The first-order valence-electron chi connectivity index (χ1n) is 12.1. The molecule has 5 N–H and O–H groups in total. The van der Waals surface area contributed by atoms with Crippen molar-refractivity contribution in [1.82, 2.24) is 24.4 Å². The molecule has 0 radical (unpaired) electrons. The molecule has 1 saturated heterocycles. The molecule has 0 spiro atoms. The number of aromatic amines is 1. The number of nitrogens with one attached hydrogen (secondary N) is 2. The second kappa shape index (κ2) is 10.4. The maximum atomic E-state index is 12.5. The van der Waals surface area contributed by atoms with Crippen molar-refractivity contribution < 1.29 is 34.4 Å². The molecule has 4 heterocycles. The van der Waals surface area contributed by atoms with Crippen LogP contribution in [0, 0.1) is 0 Å². The molecule has 3 amide bonds. The molecule has 3 aromatic rings. The SMILES string of the molecule is O=C(CCCCCN1C(=O)c2ccccc2C1=O)Nc1nc2c(ncn2[C@@H]2O[C@H](CO)[C@H](O)[C@@H]2O)c(=O)[nH]1. The zero-order valence-corrected chi connectivity index (χ0v) is 20.1. The maximum Gasteiger partial charge on any atom is 0.280 e. The summed E-state index contributed by atoms with van der Waals surface area (Å²) in [5, 5.41) is 32.2. The molecule has 0 aliphatic carbocycles. The van der Waals surface area contributed by atoms with Gasteiger partial charge in [0, 0.05) is 13.0 Å². The number of imide groups is 1. The summed E-state index contributed by atoms with van der Waals surface area (Å²) >= 11 is 0. The van der Waals surface area contributed by atoms with E-state index in [-0.39, 0.29) is 41.9 Å². The Bertz CT molecular complexity index is 1420. The summed E-state index contributed by atoms with van der Waals surface area (Å²) < 4.78 is 6.73. The standard InChI is InChI=1S/C24H26N6O8/c31-10-14-17(33)18(34)23(38-14)30-11-25-16-19(30)27-24(28-20(16)35)26-15(32)8-2-1-5-9-29-21(36)12-6-3-4-7-13(12)22(29)37/h3-4,6-7,11,14,17-18,23,31,33-34H,1-2,5,8-10H2,(H2,26,27,28,32,35)/t14-,17+,18+,23-/m1/s1. The molecule has 14 nitrogen and oxygen atoms in total. The average Bonchev–Trinajstić information content (AvgIpc) is 3.53. The summed E-state index contributed by atoms with van der Waals surface area (Å²) in [6, 6.07) is 6.67. The van der Waals surface area contributed by atoms with Gasteiger partial charge in [-0.05, 0) is 25.0 Å². The van der Waals surface area contributed by atoms with Crippen molar-refractivity contribution in [3.8, 4) is 0 Å². The van der Waals surface area contributed by atoms with Crippen LogP contribution in [0.1, 0.15) is 52.6 Å². The molecule has 1 fully saturated rings. The third-order valence-corrected chi connectivity index (χ3v) is 6.65. The number of unbranched alkanes of at least 4 members (excludes halogenated alkanes) is 2. The van der Waals surface area contributed by atoms with Crippen molar-refractivity contribution in [2.75, 3.05) is 18.5 Å². The van der Waals surface area contributed by atoms with Crippen LogP contribution in [0.4, 0.5) is 5.95 Å². The number of nitrogens with zero attached hydrogens (tertiary/aromatic N) is 4. The van der Waals surface area contributed by atoms with E-state index in [0.717, 1.165) is 0 Å². The Balaban J connectivity index is 1.16. The number of hydrogen-bond donors (Lipinski definition) is 5. The van der Waals surface area contributed by atoms with Gasteiger partial charge in [-0.15, -0.1) is 0 Å². The summed E-state index contributed by atoms with van der Waals surface area (Å²) in [5.74, 6) is -1.17. The minimum Gasteiger partial charge on any atom is -0.394 e. The number of anilines is 1. The zero-order valence-electron chi connectivity index (χ0n) is 20.1. The number of amides is 3. The highest BCUT2D eigenvalue weighted by Crippen LogP contribution is 2.31. The van der Waals surface area contributed by atoms with Gasteiger partial charge in [-0.1, -0.05) is 18.6 Å². The molecule has 14 heteroatoms. The number of benzene rings is 1. The molecule has 0 unspecified atom stereocenters. The van der Waals surface area contributed by atoms with Crippen LogP contribution in [-0.2, 0) is 9.53 Å². The highest BCUT2D eigenvalue weighted by molar-refractivity contribution is 6.21. The molecule has 38 heavy (non-hydrogen) atoms. The summed E-state index contributed by atoms with van der Waals surface area (Å²) in [5.41, 5.74) is 0.121. The van der Waals surface area contributed by atoms with Crippen LogP contribution in [0.3, 0.4) is 0 Å². The largest absolute Gasteiger partial charge is 0.394 e. The van der Waals surface area contributed by atoms with Crippen LogP contribution in [0.15, 0.2) is 35.4 Å². The number of carbonyl (C=O) groups is 3. The lowest BCUT2D eigenvalue weighted by Gasteiger charge is -2.16. The van der Waals surface area contributed by atoms with Gasteiger partial charge in [-0.25, -0.2) is 4.98 Å². The van der Waals surface area contributed by atoms with Gasteiger partial charge in [-0.2, -0.15) is 4.98 Å². The van der Waals surface area contributed by atoms with Gasteiger partial charge in [0.1, 0.15) is 18.3 Å². The van der Waals surface area contributed by atoms with Gasteiger partial charge in [0.05, 0.1) is 24.1 Å². The van der Waals surface area contributed by atoms with E-state index in [9.17, 15) is 34.5 Å². The zero-order chi connectivity index (χ0) is 27.0. The molecule has 5 rings (SSSR count). The second-order valence-corrected chi connectivity index (χ2v) is 9.13. The quantitative estimate of drug-likeness (QED) is 0.179. The van der Waals surface area contributed by atoms with E-state index in [1.807, 2.05) is 0 Å². The van der Waals surface area contributed by atoms with Crippen LogP contribution < -0.4 is 10.9 Å². The van der Waals surface area contributed by atoms with Gasteiger partial charge >= 0.3 is 0 Å². The highest BCUT2D eigenvalue weighted by Gasteiger charge is 2.44. The van der Waals surface area contributed by atoms with Crippen molar-refractivity contribution >= 4 is 34.8 Å². The second-order valence-electron chi connectivity index (χ2n) is 9.13. The average molecular weight is 527 g/mol. The van der Waals surface area contributed by atoms with E-state index < -0.39 is 42.6 Å². The number of aliphatic hydroxyl groups is 3. The molecule has 2 aliphatic heterocycles. The van der Waals surface area contributed by atoms with Crippen molar-refractivity contribution in [2.45, 2.75) is 50.2 Å². The van der Waals surface area contributed by atoms with Crippen molar-refractivity contribution in [3.05, 3.63) is 52.1 Å². The molecule has 200 valence electrons. The van der Waals surface area contributed by atoms with Gasteiger partial charge in [0.25, 0.3) is 17.4 Å². The Morgan fingerprint density at radius 1 is 1.05 bits per heavy atom. The van der Waals surface area contributed by atoms with Gasteiger partial charge < -0.3 is 20.1 Å². The fourth-order valence-corrected chi connectivity index (χ4v) is 4.65. The fraction of sp³-hybridized carbons (Fsp3) is 0.417. The molecule has 4 atom stereocenters. The lowest BCUT2D eigenvalue weighted by Crippen LogP contribution is -2.33. The predicted molar refractivity (Wildman–Crippen MR) is 130 cm³/mol. The topological polar surface area (TPSA) is 200 Å². The third-order valence-electron chi connectivity index (χ3n) is 6.65. The van der Waals surface area contributed by atoms with Gasteiger partial charge in [0.2, 0.25) is 11.9 Å². The third kappa shape index (κ3) is 4.58. The Morgan fingerprint density at radius 3 is 2.42 bits per heavy atom. The molecule has 1 aromatic carbocycles. The first kappa shape index (κ1) is 25.7. The van der Waals surface area contributed by atoms with Crippen LogP contribution in [0.5, 0.6) is 0 Å². The lowest BCUT2D eigenvalue weighted by atomic mass is 10.1. The van der Waals surface area contributed by atoms with E-state index in [4.69, 9.17) is 4.74 Å². The normalized spacial score (nSPS) is 22.9. The van der Waals surface area contributed by atoms with Crippen LogP contribution in [0.2, 0.25) is 0 Å². The molecular weight excluding hydrogens is 500 g/mol. The first-order valence-corrected chi connectivity index (χ1v) is 12.1. The molecule has 2 aliphatic rings. The van der Waals surface area contributed by atoms with E-state index in [0.29, 0.717) is 30.4 Å². The Morgan fingerprint density at radius 2 is 1.76 bits per heavy atom. The van der Waals surface area contributed by atoms with Crippen LogP contribution in [-0.4, -0.2) is 88.9 Å². The molecule has 0 bridgehead atoms. The van der Waals surface area contributed by atoms with Crippen molar-refractivity contribution in [2.24, 2.45) is 0 Å². The summed E-state index contributed by atoms with van der Waals surface area (Å²) in [4.78, 5) is 61.6. The number of carbonyl (C=O) groups excluding carboxylic acids is 3. The minimum absolute atomic E-state index is 0.0137. The molecule has 2 aromatic heterocycles. The molecular formula is C24H26N6O8. The van der Waals surface area contributed by atoms with E-state index >= 15 is 0 Å². The number of rotatable bonds is 9. The van der Waals surface area contributed by atoms with Crippen molar-refractivity contribution in [1.29, 1.82) is 0 Å². The van der Waals surface area contributed by atoms with Crippen LogP contribution >= 0.6 is 0 Å². The van der Waals surface area contributed by atoms with Crippen molar-refractivity contribution in [3.63, 3.8) is 0 Å². The smallest absolute Gasteiger partial charge is 0.280 e. The monoisotopic (exact) mass is 526 g/mol. The molecule has 0 saturated carbocycles. The Kier molecular flexibility index (Phi) is 7.03. The number of hydrogen-bond acceptors (Lipinski definition) is 10. The number of aromatic nitrogens is 4. The summed E-state index contributed by atoms with van der Waals surface area (Å²) in [6.45, 7) is -0.264. The minimum atomic E-state index is -1.40. The van der Waals surface area contributed by atoms with E-state index in [1.54, 1.807) is 24.3 Å². The van der Waals surface area contributed by atoms with E-state index in [2.05, 4.69) is 20.3 Å². The predicted octanol–water partition coefficient (Wildman–Crippen LogP) is -0.474. The van der Waals surface area contributed by atoms with E-state index in [1.165, 1.54) is 15.8 Å². The number of H-pyrrole nitrogens is 1. The summed E-state index contributed by atoms with van der Waals surface area (Å²) in [7, 11) is 0. The van der Waals surface area contributed by atoms with Gasteiger partial charge in [-0.3, -0.25) is 38.9 Å². The summed E-state index contributed by atoms with van der Waals surface area (Å²) in [6.07, 6.45) is -2.00. The number of aliphatic hydroxyl groups excluding tert-OH is 3. The number of fused-ring (bicyclic) bond motifs is 2. The van der Waals surface area contributed by atoms with Gasteiger partial charge in [0.15, 0.2) is 17.4 Å². The lowest BCUT2D eigenvalue weighted by molar-refractivity contribution is -0.116. The number of imidazole rings is 1. The maximum absolute atomic E-state index is 12.5. The van der Waals surface area contributed by atoms with Crippen LogP contribution in [0.25, 0.3) is 11.2 Å². The Labute approximate surface area is 214 Å². The Hall–Kier alpha value is -3.98. The number of ether oxygens (including phenoxy) is 1. The first-order chi connectivity index (χ1) is 18.3.